The lowest BCUT2D eigenvalue weighted by molar-refractivity contribution is -0.134. The molecule has 2 rings (SSSR count). The fraction of sp³-hybridized carbons (Fsp3) is 0.211. The van der Waals surface area contributed by atoms with Crippen LogP contribution in [0.25, 0.3) is 6.08 Å². The number of hydrogen-bond donors (Lipinski definition) is 1. The molecule has 0 amide bonds. The molecule has 0 aliphatic heterocycles. The molecule has 0 aromatic heterocycles. The topological polar surface area (TPSA) is 83.5 Å². The SMILES string of the molecule is COc1ccc(OC(=Cc2cc(OC)c(OC)c(OC)c2)C(=O)O)cc1. The molecule has 0 aliphatic rings. The maximum absolute atomic E-state index is 11.6. The Morgan fingerprint density at radius 3 is 1.81 bits per heavy atom. The Kier molecular flexibility index (Phi) is 6.32. The minimum atomic E-state index is -1.21. The van der Waals surface area contributed by atoms with Crippen LogP contribution in [0.4, 0.5) is 0 Å². The molecule has 2 aromatic rings. The number of carboxylic acids is 1. The standard InChI is InChI=1S/C19H20O7/c1-22-13-5-7-14(8-6-13)26-17(19(20)21)11-12-9-15(23-2)18(25-4)16(10-12)24-3/h5-11H,1-4H3,(H,20,21). The van der Waals surface area contributed by atoms with Gasteiger partial charge in [-0.05, 0) is 48.0 Å². The minimum Gasteiger partial charge on any atom is -0.497 e. The molecule has 0 saturated carbocycles. The highest BCUT2D eigenvalue weighted by molar-refractivity contribution is 5.90. The zero-order valence-corrected chi connectivity index (χ0v) is 14.9. The third-order valence-electron chi connectivity index (χ3n) is 3.48. The summed E-state index contributed by atoms with van der Waals surface area (Å²) in [6.45, 7) is 0. The van der Waals surface area contributed by atoms with Gasteiger partial charge in [0.05, 0.1) is 28.4 Å². The second-order valence-electron chi connectivity index (χ2n) is 5.05. The summed E-state index contributed by atoms with van der Waals surface area (Å²) >= 11 is 0. The van der Waals surface area contributed by atoms with Gasteiger partial charge in [-0.2, -0.15) is 0 Å². The Balaban J connectivity index is 2.39. The van der Waals surface area contributed by atoms with E-state index in [0.717, 1.165) is 0 Å². The quantitative estimate of drug-likeness (QED) is 0.571. The lowest BCUT2D eigenvalue weighted by Gasteiger charge is -2.13. The maximum Gasteiger partial charge on any atom is 0.371 e. The Morgan fingerprint density at radius 2 is 1.38 bits per heavy atom. The molecular formula is C19H20O7. The van der Waals surface area contributed by atoms with Crippen LogP contribution < -0.4 is 23.7 Å². The predicted molar refractivity (Wildman–Crippen MR) is 95.3 cm³/mol. The van der Waals surface area contributed by atoms with E-state index in [0.29, 0.717) is 34.3 Å². The van der Waals surface area contributed by atoms with E-state index in [9.17, 15) is 9.90 Å². The van der Waals surface area contributed by atoms with Gasteiger partial charge in [0.1, 0.15) is 11.5 Å². The summed E-state index contributed by atoms with van der Waals surface area (Å²) in [5, 5.41) is 9.45. The number of hydrogen-bond acceptors (Lipinski definition) is 6. The zero-order valence-electron chi connectivity index (χ0n) is 14.9. The van der Waals surface area contributed by atoms with Crippen LogP contribution in [0.2, 0.25) is 0 Å². The largest absolute Gasteiger partial charge is 0.497 e. The van der Waals surface area contributed by atoms with E-state index in [1.165, 1.54) is 27.4 Å². The summed E-state index contributed by atoms with van der Waals surface area (Å²) in [4.78, 5) is 11.6. The average Bonchev–Trinajstić information content (AvgIpc) is 2.66. The highest BCUT2D eigenvalue weighted by Crippen LogP contribution is 2.38. The summed E-state index contributed by atoms with van der Waals surface area (Å²) in [7, 11) is 6.00. The van der Waals surface area contributed by atoms with E-state index in [-0.39, 0.29) is 5.76 Å². The molecule has 0 bridgehead atoms. The van der Waals surface area contributed by atoms with Crippen molar-refractivity contribution >= 4 is 12.0 Å². The first-order valence-electron chi connectivity index (χ1n) is 7.59. The number of methoxy groups -OCH3 is 4. The summed E-state index contributed by atoms with van der Waals surface area (Å²) in [6.07, 6.45) is 1.37. The lowest BCUT2D eigenvalue weighted by atomic mass is 10.1. The van der Waals surface area contributed by atoms with E-state index >= 15 is 0 Å². The van der Waals surface area contributed by atoms with E-state index in [1.54, 1.807) is 43.5 Å². The Hall–Kier alpha value is -3.35. The molecule has 26 heavy (non-hydrogen) atoms. The van der Waals surface area contributed by atoms with Crippen molar-refractivity contribution in [3.63, 3.8) is 0 Å². The van der Waals surface area contributed by atoms with Crippen molar-refractivity contribution in [3.05, 3.63) is 47.7 Å². The van der Waals surface area contributed by atoms with E-state index < -0.39 is 5.97 Å². The Labute approximate surface area is 151 Å². The van der Waals surface area contributed by atoms with Gasteiger partial charge in [-0.1, -0.05) is 0 Å². The van der Waals surface area contributed by atoms with Crippen LogP contribution >= 0.6 is 0 Å². The van der Waals surface area contributed by atoms with Crippen LogP contribution in [0.3, 0.4) is 0 Å². The molecule has 138 valence electrons. The highest BCUT2D eigenvalue weighted by Gasteiger charge is 2.15. The van der Waals surface area contributed by atoms with Gasteiger partial charge < -0.3 is 28.8 Å². The molecule has 0 spiro atoms. The predicted octanol–water partition coefficient (Wildman–Crippen LogP) is 3.23. The second-order valence-corrected chi connectivity index (χ2v) is 5.05. The van der Waals surface area contributed by atoms with Gasteiger partial charge >= 0.3 is 5.97 Å². The first kappa shape index (κ1) is 19.0. The third kappa shape index (κ3) is 4.38. The number of ether oxygens (including phenoxy) is 5. The van der Waals surface area contributed by atoms with Crippen LogP contribution in [0, 0.1) is 0 Å². The first-order valence-corrected chi connectivity index (χ1v) is 7.59. The molecule has 0 aliphatic carbocycles. The molecule has 2 aromatic carbocycles. The van der Waals surface area contributed by atoms with Gasteiger partial charge in [-0.3, -0.25) is 0 Å². The zero-order chi connectivity index (χ0) is 19.1. The van der Waals surface area contributed by atoms with Crippen LogP contribution in [-0.4, -0.2) is 39.5 Å². The fourth-order valence-electron chi connectivity index (χ4n) is 2.24. The lowest BCUT2D eigenvalue weighted by Crippen LogP contribution is -2.07. The smallest absolute Gasteiger partial charge is 0.371 e. The molecular weight excluding hydrogens is 340 g/mol. The Bertz CT molecular complexity index is 769. The molecule has 7 heteroatoms. The fourth-order valence-corrected chi connectivity index (χ4v) is 2.24. The number of carbonyl (C=O) groups is 1. The normalized spacial score (nSPS) is 10.8. The number of carboxylic acid groups (broad SMARTS) is 1. The number of rotatable bonds is 8. The first-order chi connectivity index (χ1) is 12.5. The van der Waals surface area contributed by atoms with Crippen LogP contribution in [0.15, 0.2) is 42.2 Å². The molecule has 0 atom stereocenters. The summed E-state index contributed by atoms with van der Waals surface area (Å²) in [5.41, 5.74) is 0.519. The van der Waals surface area contributed by atoms with E-state index in [1.807, 2.05) is 0 Å². The van der Waals surface area contributed by atoms with Crippen molar-refractivity contribution in [2.24, 2.45) is 0 Å². The molecule has 0 saturated heterocycles. The number of aliphatic carboxylic acids is 1. The summed E-state index contributed by atoms with van der Waals surface area (Å²) in [6, 6.07) is 9.83. The van der Waals surface area contributed by atoms with Crippen molar-refractivity contribution in [1.82, 2.24) is 0 Å². The van der Waals surface area contributed by atoms with Crippen molar-refractivity contribution in [2.75, 3.05) is 28.4 Å². The van der Waals surface area contributed by atoms with Gasteiger partial charge in [-0.25, -0.2) is 4.79 Å². The van der Waals surface area contributed by atoms with Crippen molar-refractivity contribution in [1.29, 1.82) is 0 Å². The molecule has 0 radical (unpaired) electrons. The molecule has 1 N–H and O–H groups in total. The second kappa shape index (κ2) is 8.66. The van der Waals surface area contributed by atoms with Crippen molar-refractivity contribution in [2.45, 2.75) is 0 Å². The van der Waals surface area contributed by atoms with Crippen LogP contribution in [0.1, 0.15) is 5.56 Å². The number of benzene rings is 2. The maximum atomic E-state index is 11.6. The van der Waals surface area contributed by atoms with Crippen LogP contribution in [0.5, 0.6) is 28.7 Å². The van der Waals surface area contributed by atoms with Gasteiger partial charge in [-0.15, -0.1) is 0 Å². The summed E-state index contributed by atoms with van der Waals surface area (Å²) in [5.74, 6) is 0.772. The molecule has 0 unspecified atom stereocenters. The van der Waals surface area contributed by atoms with Crippen molar-refractivity contribution < 1.29 is 33.6 Å². The van der Waals surface area contributed by atoms with Gasteiger partial charge in [0.2, 0.25) is 11.5 Å². The molecule has 7 nitrogen and oxygen atoms in total. The monoisotopic (exact) mass is 360 g/mol. The van der Waals surface area contributed by atoms with E-state index in [2.05, 4.69) is 0 Å². The van der Waals surface area contributed by atoms with Crippen LogP contribution in [-0.2, 0) is 4.79 Å². The van der Waals surface area contributed by atoms with Gasteiger partial charge in [0.15, 0.2) is 11.5 Å². The highest BCUT2D eigenvalue weighted by atomic mass is 16.5. The third-order valence-corrected chi connectivity index (χ3v) is 3.48. The average molecular weight is 360 g/mol. The van der Waals surface area contributed by atoms with Crippen molar-refractivity contribution in [3.8, 4) is 28.7 Å². The summed E-state index contributed by atoms with van der Waals surface area (Å²) < 4.78 is 26.3. The molecule has 0 heterocycles. The van der Waals surface area contributed by atoms with E-state index in [4.69, 9.17) is 23.7 Å². The van der Waals surface area contributed by atoms with Gasteiger partial charge in [0, 0.05) is 0 Å². The molecule has 0 fully saturated rings. The Morgan fingerprint density at radius 1 is 0.846 bits per heavy atom. The minimum absolute atomic E-state index is 0.260. The van der Waals surface area contributed by atoms with Gasteiger partial charge in [0.25, 0.3) is 0 Å².